The van der Waals surface area contributed by atoms with Crippen molar-refractivity contribution in [3.63, 3.8) is 0 Å². The molecule has 1 unspecified atom stereocenters. The molecule has 0 aromatic carbocycles. The van der Waals surface area contributed by atoms with Gasteiger partial charge in [0.05, 0.1) is 29.8 Å². The van der Waals surface area contributed by atoms with Gasteiger partial charge in [-0.1, -0.05) is 26.0 Å². The van der Waals surface area contributed by atoms with Gasteiger partial charge in [-0.25, -0.2) is 13.7 Å². The summed E-state index contributed by atoms with van der Waals surface area (Å²) in [6.45, 7) is 18.7. The van der Waals surface area contributed by atoms with E-state index in [1.165, 1.54) is 12.3 Å². The van der Waals surface area contributed by atoms with E-state index in [0.717, 1.165) is 11.1 Å². The third-order valence-corrected chi connectivity index (χ3v) is 7.73. The number of fused-ring (bicyclic) bond motifs is 1. The number of rotatable bonds is 8. The lowest BCUT2D eigenvalue weighted by Gasteiger charge is -2.35. The molecule has 0 spiro atoms. The SMILES string of the molecule is C=C(C)C(C)(C)C(Oc1cc(/C(=N/N)C(C)=NC2CCN(C(=O)OC(C)(C)C)CC2)cn2nccc12)c1ccc(F)cn1. The van der Waals surface area contributed by atoms with Crippen molar-refractivity contribution in [1.82, 2.24) is 19.5 Å². The van der Waals surface area contributed by atoms with Crippen molar-refractivity contribution in [3.05, 3.63) is 72.1 Å². The average Bonchev–Trinajstić information content (AvgIpc) is 3.41. The van der Waals surface area contributed by atoms with Crippen LogP contribution in [0.2, 0.25) is 0 Å². The highest BCUT2D eigenvalue weighted by atomic mass is 19.1. The Morgan fingerprint density at radius 3 is 2.44 bits per heavy atom. The number of likely N-dealkylation sites (tertiary alicyclic amines) is 1. The Balaban J connectivity index is 1.61. The number of piperidine rings is 1. The first-order chi connectivity index (χ1) is 20.2. The molecular weight excluding hydrogens is 549 g/mol. The Hall–Kier alpha value is -4.28. The molecule has 0 aliphatic carbocycles. The third kappa shape index (κ3) is 7.39. The molecule has 1 saturated heterocycles. The van der Waals surface area contributed by atoms with Crippen LogP contribution in [0.3, 0.4) is 0 Å². The number of hydrazone groups is 1. The maximum Gasteiger partial charge on any atom is 0.410 e. The predicted molar refractivity (Wildman–Crippen MR) is 166 cm³/mol. The number of halogens is 1. The smallest absolute Gasteiger partial charge is 0.410 e. The van der Waals surface area contributed by atoms with Gasteiger partial charge in [-0.3, -0.25) is 9.98 Å². The van der Waals surface area contributed by atoms with Crippen LogP contribution in [0.1, 0.15) is 78.7 Å². The topological polar surface area (TPSA) is 120 Å². The Bertz CT molecular complexity index is 1530. The average molecular weight is 592 g/mol. The summed E-state index contributed by atoms with van der Waals surface area (Å²) in [6, 6.07) is 6.71. The van der Waals surface area contributed by atoms with Crippen LogP contribution in [0.4, 0.5) is 9.18 Å². The van der Waals surface area contributed by atoms with Crippen LogP contribution in [0, 0.1) is 11.2 Å². The number of hydrogen-bond donors (Lipinski definition) is 1. The second-order valence-corrected chi connectivity index (χ2v) is 12.5. The molecule has 4 heterocycles. The lowest BCUT2D eigenvalue weighted by Crippen LogP contribution is -2.42. The van der Waals surface area contributed by atoms with Gasteiger partial charge in [0, 0.05) is 30.3 Å². The van der Waals surface area contributed by atoms with Gasteiger partial charge in [0.1, 0.15) is 34.5 Å². The first-order valence-corrected chi connectivity index (χ1v) is 14.4. The number of aliphatic imine (C=N–C) groups is 1. The minimum Gasteiger partial charge on any atom is -0.481 e. The number of ether oxygens (including phenoxy) is 2. The number of nitrogens with two attached hydrogens (primary N) is 1. The van der Waals surface area contributed by atoms with Crippen molar-refractivity contribution < 1.29 is 18.7 Å². The highest BCUT2D eigenvalue weighted by Crippen LogP contribution is 2.42. The van der Waals surface area contributed by atoms with Crippen molar-refractivity contribution in [1.29, 1.82) is 0 Å². The number of hydrogen-bond acceptors (Lipinski definition) is 8. The standard InChI is InChI=1S/C32H42FN7O3/c1-20(2)32(7,8)29(25-10-9-23(33)18-35-25)42-27-17-22(19-40-26(27)11-14-36-40)28(38-34)21(3)37-24-12-15-39(16-13-24)30(41)43-31(4,5)6/h9-11,14,17-19,24,29H,1,12-13,15-16,34H2,2-8H3/b37-21?,38-28+. The second kappa shape index (κ2) is 12.5. The van der Waals surface area contributed by atoms with E-state index < -0.39 is 22.9 Å². The zero-order valence-electron chi connectivity index (χ0n) is 26.1. The first-order valence-electron chi connectivity index (χ1n) is 14.4. The quantitative estimate of drug-likeness (QED) is 0.146. The van der Waals surface area contributed by atoms with Crippen molar-refractivity contribution in [2.45, 2.75) is 79.1 Å². The van der Waals surface area contributed by atoms with Gasteiger partial charge < -0.3 is 20.2 Å². The molecule has 230 valence electrons. The van der Waals surface area contributed by atoms with Crippen LogP contribution in [0.15, 0.2) is 65.1 Å². The molecule has 0 radical (unpaired) electrons. The summed E-state index contributed by atoms with van der Waals surface area (Å²) in [7, 11) is 0. The first kappa shape index (κ1) is 31.7. The number of carbonyl (C=O) groups excluding carboxylic acids is 1. The Labute approximate surface area is 252 Å². The van der Waals surface area contributed by atoms with Crippen LogP contribution < -0.4 is 10.6 Å². The van der Waals surface area contributed by atoms with Crippen molar-refractivity contribution in [2.75, 3.05) is 13.1 Å². The van der Waals surface area contributed by atoms with Crippen LogP contribution in [0.5, 0.6) is 5.75 Å². The fourth-order valence-electron chi connectivity index (χ4n) is 4.91. The molecule has 3 aromatic heterocycles. The van der Waals surface area contributed by atoms with Gasteiger partial charge in [0.2, 0.25) is 0 Å². The summed E-state index contributed by atoms with van der Waals surface area (Å²) >= 11 is 0. The van der Waals surface area contributed by atoms with Gasteiger partial charge in [0.15, 0.2) is 0 Å². The molecule has 11 heteroatoms. The number of amides is 1. The summed E-state index contributed by atoms with van der Waals surface area (Å²) in [6.07, 6.45) is 5.20. The summed E-state index contributed by atoms with van der Waals surface area (Å²) in [5.41, 5.74) is 2.92. The molecule has 1 aliphatic heterocycles. The maximum atomic E-state index is 13.7. The van der Waals surface area contributed by atoms with Crippen molar-refractivity contribution >= 4 is 23.0 Å². The molecule has 0 saturated carbocycles. The van der Waals surface area contributed by atoms with E-state index in [2.05, 4.69) is 21.8 Å². The normalized spacial score (nSPS) is 16.3. The van der Waals surface area contributed by atoms with E-state index in [1.807, 2.05) is 66.8 Å². The summed E-state index contributed by atoms with van der Waals surface area (Å²) in [5.74, 6) is 6.03. The van der Waals surface area contributed by atoms with Crippen LogP contribution in [-0.4, -0.2) is 61.7 Å². The van der Waals surface area contributed by atoms with Crippen LogP contribution in [0.25, 0.3) is 5.52 Å². The van der Waals surface area contributed by atoms with E-state index in [1.54, 1.807) is 21.7 Å². The van der Waals surface area contributed by atoms with Gasteiger partial charge in [-0.05, 0) is 71.7 Å². The highest BCUT2D eigenvalue weighted by molar-refractivity contribution is 6.47. The predicted octanol–water partition coefficient (Wildman–Crippen LogP) is 6.11. The van der Waals surface area contributed by atoms with Gasteiger partial charge in [0.25, 0.3) is 0 Å². The second-order valence-electron chi connectivity index (χ2n) is 12.5. The summed E-state index contributed by atoms with van der Waals surface area (Å²) < 4.78 is 27.6. The molecule has 1 atom stereocenters. The lowest BCUT2D eigenvalue weighted by molar-refractivity contribution is 0.0207. The summed E-state index contributed by atoms with van der Waals surface area (Å²) in [4.78, 5) is 23.4. The maximum absolute atomic E-state index is 13.7. The molecule has 1 amide bonds. The van der Waals surface area contributed by atoms with Crippen LogP contribution in [-0.2, 0) is 4.74 Å². The molecule has 4 rings (SSSR count). The zero-order valence-corrected chi connectivity index (χ0v) is 26.1. The van der Waals surface area contributed by atoms with Crippen molar-refractivity contribution in [3.8, 4) is 5.75 Å². The fraction of sp³-hybridized carbons (Fsp3) is 0.469. The fourth-order valence-corrected chi connectivity index (χ4v) is 4.91. The monoisotopic (exact) mass is 591 g/mol. The summed E-state index contributed by atoms with van der Waals surface area (Å²) in [5, 5.41) is 8.54. The van der Waals surface area contributed by atoms with Crippen LogP contribution >= 0.6 is 0 Å². The molecule has 0 bridgehead atoms. The molecule has 1 fully saturated rings. The number of nitrogens with zero attached hydrogens (tertiary/aromatic N) is 6. The van der Waals surface area contributed by atoms with Gasteiger partial charge in [-0.15, -0.1) is 0 Å². The molecule has 3 aromatic rings. The molecule has 1 aliphatic rings. The number of carbonyl (C=O) groups is 1. The minimum atomic E-state index is -0.581. The number of pyridine rings is 2. The van der Waals surface area contributed by atoms with Gasteiger partial charge >= 0.3 is 6.09 Å². The Morgan fingerprint density at radius 1 is 1.16 bits per heavy atom. The highest BCUT2D eigenvalue weighted by Gasteiger charge is 2.35. The van der Waals surface area contributed by atoms with E-state index in [4.69, 9.17) is 20.3 Å². The van der Waals surface area contributed by atoms with E-state index in [0.29, 0.717) is 54.4 Å². The molecule has 10 nitrogen and oxygen atoms in total. The van der Waals surface area contributed by atoms with E-state index in [9.17, 15) is 9.18 Å². The van der Waals surface area contributed by atoms with Crippen molar-refractivity contribution in [2.24, 2.45) is 21.4 Å². The minimum absolute atomic E-state index is 0.00453. The third-order valence-electron chi connectivity index (χ3n) is 7.73. The molecular formula is C32H42FN7O3. The zero-order chi connectivity index (χ0) is 31.5. The Morgan fingerprint density at radius 2 is 1.86 bits per heavy atom. The Kier molecular flexibility index (Phi) is 9.22. The van der Waals surface area contributed by atoms with E-state index >= 15 is 0 Å². The number of aromatic nitrogens is 3. The van der Waals surface area contributed by atoms with E-state index in [-0.39, 0.29) is 12.1 Å². The van der Waals surface area contributed by atoms with Gasteiger partial charge in [-0.2, -0.15) is 10.2 Å². The largest absolute Gasteiger partial charge is 0.481 e. The lowest BCUT2D eigenvalue weighted by atomic mass is 9.78. The molecule has 43 heavy (non-hydrogen) atoms. The molecule has 2 N–H and O–H groups in total.